The van der Waals surface area contributed by atoms with E-state index in [1.165, 1.54) is 0 Å². The van der Waals surface area contributed by atoms with Crippen LogP contribution in [0.5, 0.6) is 5.75 Å². The molecular weight excluding hydrogens is 324 g/mol. The number of aromatic hydroxyl groups is 1. The Morgan fingerprint density at radius 2 is 1.29 bits per heavy atom. The number of aliphatic hydroxyl groups is 1. The average Bonchev–Trinajstić information content (AvgIpc) is 2.28. The van der Waals surface area contributed by atoms with Crippen LogP contribution < -0.4 is 0 Å². The molecule has 0 spiro atoms. The van der Waals surface area contributed by atoms with Crippen LogP contribution >= 0.6 is 0 Å². The summed E-state index contributed by atoms with van der Waals surface area (Å²) >= 11 is 0. The van der Waals surface area contributed by atoms with Gasteiger partial charge in [-0.1, -0.05) is 18.2 Å². The summed E-state index contributed by atoms with van der Waals surface area (Å²) in [5.41, 5.74) is -2.74. The molecule has 0 fully saturated rings. The van der Waals surface area contributed by atoms with Crippen molar-refractivity contribution < 1.29 is 57.3 Å². The fraction of sp³-hybridized carbons (Fsp3) is 0.250. The van der Waals surface area contributed by atoms with Crippen molar-refractivity contribution in [3.63, 3.8) is 0 Å². The molecule has 21 heavy (non-hydrogen) atoms. The molecule has 1 aromatic carbocycles. The first kappa shape index (κ1) is 21.2. The van der Waals surface area contributed by atoms with E-state index in [-0.39, 0.29) is 17.4 Å². The molecule has 0 aliphatic rings. The van der Waals surface area contributed by atoms with Gasteiger partial charge in [-0.3, -0.25) is 9.59 Å². The van der Waals surface area contributed by atoms with E-state index in [1.54, 1.807) is 24.3 Å². The molecule has 0 atom stereocenters. The summed E-state index contributed by atoms with van der Waals surface area (Å²) < 4.78 is 0. The molecule has 5 N–H and O–H groups in total. The predicted octanol–water partition coefficient (Wildman–Crippen LogP) is 0.141. The molecule has 116 valence electrons. The van der Waals surface area contributed by atoms with Crippen molar-refractivity contribution in [3.05, 3.63) is 30.3 Å². The van der Waals surface area contributed by atoms with Crippen molar-refractivity contribution in [2.75, 3.05) is 0 Å². The summed E-state index contributed by atoms with van der Waals surface area (Å²) in [7, 11) is 0. The largest absolute Gasteiger partial charge is 0.508 e. The van der Waals surface area contributed by atoms with Gasteiger partial charge >= 0.3 is 17.9 Å². The molecule has 0 aliphatic carbocycles. The van der Waals surface area contributed by atoms with E-state index in [0.29, 0.717) is 5.75 Å². The summed E-state index contributed by atoms with van der Waals surface area (Å²) in [5.74, 6) is -4.70. The van der Waals surface area contributed by atoms with Gasteiger partial charge in [0.1, 0.15) is 5.75 Å². The topological polar surface area (TPSA) is 152 Å². The Balaban J connectivity index is 0. The van der Waals surface area contributed by atoms with Crippen molar-refractivity contribution in [1.29, 1.82) is 0 Å². The van der Waals surface area contributed by atoms with Gasteiger partial charge in [-0.25, -0.2) is 4.79 Å². The van der Waals surface area contributed by atoms with Crippen LogP contribution in [-0.4, -0.2) is 49.0 Å². The third-order valence-electron chi connectivity index (χ3n) is 2.04. The molecule has 0 saturated carbocycles. The number of phenolic OH excluding ortho intramolecular Hbond substituents is 1. The van der Waals surface area contributed by atoms with Gasteiger partial charge in [0.05, 0.1) is 12.8 Å². The molecule has 0 unspecified atom stereocenters. The summed E-state index contributed by atoms with van der Waals surface area (Å²) in [6.07, 6.45) is -2.29. The Kier molecular flexibility index (Phi) is 9.87. The summed E-state index contributed by atoms with van der Waals surface area (Å²) in [6, 6.07) is 8.71. The Morgan fingerprint density at radius 3 is 1.48 bits per heavy atom. The Morgan fingerprint density at radius 1 is 0.905 bits per heavy atom. The molecule has 0 bridgehead atoms. The normalized spacial score (nSPS) is 9.57. The minimum atomic E-state index is -2.74. The Labute approximate surface area is 130 Å². The molecule has 9 heteroatoms. The van der Waals surface area contributed by atoms with Crippen LogP contribution in [0.3, 0.4) is 0 Å². The average molecular weight is 338 g/mol. The minimum absolute atomic E-state index is 0. The molecule has 0 amide bonds. The minimum Gasteiger partial charge on any atom is -0.508 e. The Hall–Kier alpha value is -2.08. The third-order valence-corrected chi connectivity index (χ3v) is 2.04. The van der Waals surface area contributed by atoms with E-state index in [4.69, 9.17) is 25.5 Å². The third kappa shape index (κ3) is 9.45. The molecule has 0 radical (unpaired) electrons. The van der Waals surface area contributed by atoms with Crippen molar-refractivity contribution in [2.45, 2.75) is 18.4 Å². The first-order valence-corrected chi connectivity index (χ1v) is 5.31. The van der Waals surface area contributed by atoms with E-state index in [2.05, 4.69) is 0 Å². The zero-order chi connectivity index (χ0) is 15.8. The van der Waals surface area contributed by atoms with Gasteiger partial charge in [0, 0.05) is 17.4 Å². The van der Waals surface area contributed by atoms with Crippen LogP contribution in [0, 0.1) is 0 Å². The monoisotopic (exact) mass is 338 g/mol. The van der Waals surface area contributed by atoms with Crippen LogP contribution in [0.4, 0.5) is 0 Å². The molecule has 8 nitrogen and oxygen atoms in total. The summed E-state index contributed by atoms with van der Waals surface area (Å²) in [6.45, 7) is 0. The molecule has 0 saturated heterocycles. The van der Waals surface area contributed by atoms with Crippen molar-refractivity contribution >= 4 is 17.9 Å². The number of carboxylic acid groups (broad SMARTS) is 3. The number of hydrogen-bond acceptors (Lipinski definition) is 5. The maximum atomic E-state index is 10.3. The smallest absolute Gasteiger partial charge is 0.336 e. The van der Waals surface area contributed by atoms with Gasteiger partial charge < -0.3 is 25.5 Å². The quantitative estimate of drug-likeness (QED) is 0.508. The van der Waals surface area contributed by atoms with E-state index in [1.807, 2.05) is 6.07 Å². The Bertz CT molecular complexity index is 457. The second-order valence-corrected chi connectivity index (χ2v) is 3.81. The standard InChI is InChI=1S/C6H8O7.C6H6O.Cr/c7-3(8)1-6(13,5(11)12)2-4(9)10;7-6-4-2-1-3-5-6;/h13H,1-2H2,(H,7,8)(H,9,10)(H,11,12);1-5,7H;. The maximum absolute atomic E-state index is 10.3. The fourth-order valence-corrected chi connectivity index (χ4v) is 1.14. The van der Waals surface area contributed by atoms with Gasteiger partial charge in [0.15, 0.2) is 5.60 Å². The molecule has 1 aromatic rings. The number of aliphatic carboxylic acids is 3. The van der Waals surface area contributed by atoms with Gasteiger partial charge in [-0.15, -0.1) is 0 Å². The number of phenols is 1. The zero-order valence-corrected chi connectivity index (χ0v) is 11.9. The van der Waals surface area contributed by atoms with Gasteiger partial charge in [0.2, 0.25) is 0 Å². The predicted molar refractivity (Wildman–Crippen MR) is 65.2 cm³/mol. The number of hydrogen-bond donors (Lipinski definition) is 5. The molecule has 1 rings (SSSR count). The number of benzene rings is 1. The fourth-order valence-electron chi connectivity index (χ4n) is 1.14. The van der Waals surface area contributed by atoms with E-state index >= 15 is 0 Å². The number of carbonyl (C=O) groups is 3. The zero-order valence-electron chi connectivity index (χ0n) is 10.7. The summed E-state index contributed by atoms with van der Waals surface area (Å²) in [4.78, 5) is 30.5. The first-order chi connectivity index (χ1) is 9.17. The number of rotatable bonds is 5. The van der Waals surface area contributed by atoms with Crippen LogP contribution in [0.1, 0.15) is 12.8 Å². The first-order valence-electron chi connectivity index (χ1n) is 5.31. The second kappa shape index (κ2) is 9.77. The molecule has 0 aliphatic heterocycles. The maximum Gasteiger partial charge on any atom is 0.336 e. The van der Waals surface area contributed by atoms with Crippen LogP contribution in [-0.2, 0) is 31.7 Å². The van der Waals surface area contributed by atoms with Gasteiger partial charge in [-0.2, -0.15) is 0 Å². The molecule has 0 aromatic heterocycles. The number of para-hydroxylation sites is 1. The van der Waals surface area contributed by atoms with Crippen molar-refractivity contribution in [1.82, 2.24) is 0 Å². The molecular formula is C12H14CrO8. The number of carboxylic acids is 3. The van der Waals surface area contributed by atoms with Crippen LogP contribution in [0.2, 0.25) is 0 Å². The van der Waals surface area contributed by atoms with Crippen LogP contribution in [0.25, 0.3) is 0 Å². The second-order valence-electron chi connectivity index (χ2n) is 3.81. The SMILES string of the molecule is O=C(O)CC(O)(CC(=O)O)C(=O)O.Oc1ccccc1.[Cr]. The van der Waals surface area contributed by atoms with E-state index < -0.39 is 36.4 Å². The van der Waals surface area contributed by atoms with Gasteiger partial charge in [-0.05, 0) is 12.1 Å². The van der Waals surface area contributed by atoms with E-state index in [0.717, 1.165) is 0 Å². The van der Waals surface area contributed by atoms with Crippen LogP contribution in [0.15, 0.2) is 30.3 Å². The van der Waals surface area contributed by atoms with Crippen molar-refractivity contribution in [3.8, 4) is 5.75 Å². The van der Waals surface area contributed by atoms with E-state index in [9.17, 15) is 14.4 Å². The summed E-state index contributed by atoms with van der Waals surface area (Å²) in [5, 5.41) is 42.4. The van der Waals surface area contributed by atoms with Crippen molar-refractivity contribution in [2.24, 2.45) is 0 Å². The molecule has 0 heterocycles. The van der Waals surface area contributed by atoms with Gasteiger partial charge in [0.25, 0.3) is 0 Å².